The maximum Gasteiger partial charge on any atom is 0.324 e. The number of carbonyl (C=O) groups is 2. The highest BCUT2D eigenvalue weighted by atomic mass is 35.5. The molecule has 0 atom stereocenters. The maximum absolute atomic E-state index is 11.6. The molecule has 6 nitrogen and oxygen atoms in total. The highest BCUT2D eigenvalue weighted by Gasteiger charge is 2.26. The second-order valence-corrected chi connectivity index (χ2v) is 7.50. The number of nitrogens with one attached hydrogen (secondary N) is 2. The molecule has 4 rings (SSSR count). The van der Waals surface area contributed by atoms with Gasteiger partial charge in [-0.2, -0.15) is 0 Å². The summed E-state index contributed by atoms with van der Waals surface area (Å²) in [6.07, 6.45) is 2.55. The van der Waals surface area contributed by atoms with Crippen LogP contribution < -0.4 is 16.4 Å². The number of urea groups is 1. The van der Waals surface area contributed by atoms with Crippen LogP contribution in [0.3, 0.4) is 0 Å². The quantitative estimate of drug-likeness (QED) is 0.525. The van der Waals surface area contributed by atoms with Gasteiger partial charge in [-0.05, 0) is 36.0 Å². The standard InChI is InChI=1S/C20H21ClN4O2/c21-18-15(7-8-16(19(18)22)23-9-12-1-2-12)14-5-3-13(4-6-14)10-25-11-17(26)24-20(25)27/h3-8,12,23H,1-2,9-11,22H2,(H,24,26,27). The molecule has 0 aromatic heterocycles. The second-order valence-electron chi connectivity index (χ2n) is 7.12. The van der Waals surface area contributed by atoms with Crippen LogP contribution in [0.2, 0.25) is 5.02 Å². The lowest BCUT2D eigenvalue weighted by Crippen LogP contribution is -2.27. The van der Waals surface area contributed by atoms with Crippen LogP contribution in [-0.2, 0) is 11.3 Å². The van der Waals surface area contributed by atoms with E-state index in [1.807, 2.05) is 36.4 Å². The molecule has 4 N–H and O–H groups in total. The summed E-state index contributed by atoms with van der Waals surface area (Å²) in [7, 11) is 0. The van der Waals surface area contributed by atoms with Gasteiger partial charge in [0.25, 0.3) is 0 Å². The van der Waals surface area contributed by atoms with Crippen LogP contribution in [-0.4, -0.2) is 29.9 Å². The van der Waals surface area contributed by atoms with Gasteiger partial charge in [-0.25, -0.2) is 4.79 Å². The fourth-order valence-corrected chi connectivity index (χ4v) is 3.44. The Morgan fingerprint density at radius 2 is 1.89 bits per heavy atom. The predicted octanol–water partition coefficient (Wildman–Crippen LogP) is 3.46. The molecular weight excluding hydrogens is 364 g/mol. The fraction of sp³-hybridized carbons (Fsp3) is 0.300. The molecule has 27 heavy (non-hydrogen) atoms. The summed E-state index contributed by atoms with van der Waals surface area (Å²) in [4.78, 5) is 24.4. The lowest BCUT2D eigenvalue weighted by molar-refractivity contribution is -0.118. The van der Waals surface area contributed by atoms with Crippen LogP contribution >= 0.6 is 11.6 Å². The van der Waals surface area contributed by atoms with Gasteiger partial charge in [0.05, 0.1) is 16.4 Å². The van der Waals surface area contributed by atoms with Crippen LogP contribution in [0.25, 0.3) is 11.1 Å². The third kappa shape index (κ3) is 3.85. The predicted molar refractivity (Wildman–Crippen MR) is 106 cm³/mol. The summed E-state index contributed by atoms with van der Waals surface area (Å²) in [5.74, 6) is 0.484. The minimum absolute atomic E-state index is 0.0955. The zero-order chi connectivity index (χ0) is 19.0. The number of amides is 3. The average molecular weight is 385 g/mol. The summed E-state index contributed by atoms with van der Waals surface area (Å²) in [5.41, 5.74) is 10.4. The first kappa shape index (κ1) is 17.7. The molecule has 0 bridgehead atoms. The number of nitrogens with zero attached hydrogens (tertiary/aromatic N) is 1. The summed E-state index contributed by atoms with van der Waals surface area (Å²) in [6.45, 7) is 1.41. The number of imide groups is 1. The van der Waals surface area contributed by atoms with Gasteiger partial charge in [-0.3, -0.25) is 10.1 Å². The number of rotatable bonds is 6. The van der Waals surface area contributed by atoms with E-state index in [1.165, 1.54) is 17.7 Å². The minimum Gasteiger partial charge on any atom is -0.396 e. The molecule has 140 valence electrons. The zero-order valence-electron chi connectivity index (χ0n) is 14.8. The molecule has 0 unspecified atom stereocenters. The first-order chi connectivity index (χ1) is 13.0. The monoisotopic (exact) mass is 384 g/mol. The van der Waals surface area contributed by atoms with Crippen molar-refractivity contribution in [3.8, 4) is 11.1 Å². The van der Waals surface area contributed by atoms with Crippen molar-refractivity contribution in [1.29, 1.82) is 0 Å². The Labute approximate surface area is 162 Å². The number of nitrogen functional groups attached to an aromatic ring is 1. The van der Waals surface area contributed by atoms with Gasteiger partial charge in [0.1, 0.15) is 6.54 Å². The molecule has 1 heterocycles. The van der Waals surface area contributed by atoms with Crippen LogP contribution in [0.5, 0.6) is 0 Å². The molecule has 7 heteroatoms. The maximum atomic E-state index is 11.6. The van der Waals surface area contributed by atoms with Gasteiger partial charge in [-0.15, -0.1) is 0 Å². The molecular formula is C20H21ClN4O2. The van der Waals surface area contributed by atoms with Gasteiger partial charge < -0.3 is 16.0 Å². The van der Waals surface area contributed by atoms with E-state index in [-0.39, 0.29) is 18.5 Å². The van der Waals surface area contributed by atoms with Crippen molar-refractivity contribution in [2.75, 3.05) is 24.1 Å². The number of carbonyl (C=O) groups excluding carboxylic acids is 2. The van der Waals surface area contributed by atoms with Gasteiger partial charge >= 0.3 is 6.03 Å². The molecule has 1 saturated heterocycles. The van der Waals surface area contributed by atoms with E-state index < -0.39 is 0 Å². The first-order valence-corrected chi connectivity index (χ1v) is 9.39. The smallest absolute Gasteiger partial charge is 0.324 e. The van der Waals surface area contributed by atoms with Crippen molar-refractivity contribution in [2.45, 2.75) is 19.4 Å². The Morgan fingerprint density at radius 3 is 2.52 bits per heavy atom. The largest absolute Gasteiger partial charge is 0.396 e. The van der Waals surface area contributed by atoms with Crippen LogP contribution in [0, 0.1) is 5.92 Å². The third-order valence-corrected chi connectivity index (χ3v) is 5.37. The van der Waals surface area contributed by atoms with Crippen molar-refractivity contribution in [1.82, 2.24) is 10.2 Å². The van der Waals surface area contributed by atoms with Crippen molar-refractivity contribution in [3.63, 3.8) is 0 Å². The first-order valence-electron chi connectivity index (χ1n) is 9.01. The topological polar surface area (TPSA) is 87.5 Å². The highest BCUT2D eigenvalue weighted by Crippen LogP contribution is 2.38. The number of halogens is 1. The van der Waals surface area contributed by atoms with E-state index in [1.54, 1.807) is 0 Å². The second kappa shape index (κ2) is 7.12. The molecule has 1 saturated carbocycles. The van der Waals surface area contributed by atoms with E-state index in [2.05, 4.69) is 10.6 Å². The van der Waals surface area contributed by atoms with E-state index >= 15 is 0 Å². The molecule has 2 aliphatic rings. The van der Waals surface area contributed by atoms with Gasteiger partial charge in [0.15, 0.2) is 0 Å². The normalized spacial score (nSPS) is 16.6. The summed E-state index contributed by atoms with van der Waals surface area (Å²) in [5, 5.41) is 6.18. The van der Waals surface area contributed by atoms with Crippen molar-refractivity contribution in [2.24, 2.45) is 5.92 Å². The van der Waals surface area contributed by atoms with Crippen LogP contribution in [0.15, 0.2) is 36.4 Å². The lowest BCUT2D eigenvalue weighted by Gasteiger charge is -2.15. The van der Waals surface area contributed by atoms with Gasteiger partial charge in [-0.1, -0.05) is 41.9 Å². The molecule has 2 fully saturated rings. The number of nitrogens with two attached hydrogens (primary N) is 1. The number of benzene rings is 2. The SMILES string of the molecule is Nc1c(NCC2CC2)ccc(-c2ccc(CN3CC(=O)NC3=O)cc2)c1Cl. The number of anilines is 2. The lowest BCUT2D eigenvalue weighted by atomic mass is 10.0. The molecule has 0 spiro atoms. The van der Waals surface area contributed by atoms with Crippen LogP contribution in [0.4, 0.5) is 16.2 Å². The Bertz CT molecular complexity index is 894. The summed E-state index contributed by atoms with van der Waals surface area (Å²) < 4.78 is 0. The van der Waals surface area contributed by atoms with Gasteiger partial charge in [0.2, 0.25) is 5.91 Å². The molecule has 2 aromatic carbocycles. The van der Waals surface area contributed by atoms with Gasteiger partial charge in [0, 0.05) is 18.7 Å². The van der Waals surface area contributed by atoms with E-state index in [9.17, 15) is 9.59 Å². The zero-order valence-corrected chi connectivity index (χ0v) is 15.6. The van der Waals surface area contributed by atoms with E-state index in [4.69, 9.17) is 17.3 Å². The van der Waals surface area contributed by atoms with Crippen molar-refractivity contribution < 1.29 is 9.59 Å². The number of hydrogen-bond acceptors (Lipinski definition) is 4. The minimum atomic E-state index is -0.353. The molecule has 0 radical (unpaired) electrons. The number of hydrogen-bond donors (Lipinski definition) is 3. The summed E-state index contributed by atoms with van der Waals surface area (Å²) >= 11 is 6.51. The Hall–Kier alpha value is -2.73. The fourth-order valence-electron chi connectivity index (χ4n) is 3.17. The van der Waals surface area contributed by atoms with E-state index in [0.717, 1.165) is 34.8 Å². The molecule has 3 amide bonds. The van der Waals surface area contributed by atoms with E-state index in [0.29, 0.717) is 17.3 Å². The summed E-state index contributed by atoms with van der Waals surface area (Å²) in [6, 6.07) is 11.3. The molecule has 1 aliphatic carbocycles. The third-order valence-electron chi connectivity index (χ3n) is 4.96. The Kier molecular flexibility index (Phi) is 4.66. The highest BCUT2D eigenvalue weighted by molar-refractivity contribution is 6.36. The molecule has 2 aromatic rings. The Morgan fingerprint density at radius 1 is 1.15 bits per heavy atom. The average Bonchev–Trinajstić information content (AvgIpc) is 3.42. The van der Waals surface area contributed by atoms with Crippen LogP contribution in [0.1, 0.15) is 18.4 Å². The van der Waals surface area contributed by atoms with Crippen molar-refractivity contribution >= 4 is 34.9 Å². The van der Waals surface area contributed by atoms with Crippen molar-refractivity contribution in [3.05, 3.63) is 47.0 Å². The Balaban J connectivity index is 1.48. The molecule has 1 aliphatic heterocycles.